The van der Waals surface area contributed by atoms with Gasteiger partial charge in [0.1, 0.15) is 11.5 Å². The molecule has 2 heterocycles. The van der Waals surface area contributed by atoms with Crippen LogP contribution in [0.4, 0.5) is 0 Å². The van der Waals surface area contributed by atoms with Crippen LogP contribution in [0.15, 0.2) is 36.4 Å². The Morgan fingerprint density at radius 1 is 1.00 bits per heavy atom. The van der Waals surface area contributed by atoms with E-state index in [0.29, 0.717) is 35.8 Å². The molecular weight excluding hydrogens is 330 g/mol. The van der Waals surface area contributed by atoms with Crippen LogP contribution < -0.4 is 4.74 Å². The normalized spacial score (nSPS) is 19.2. The van der Waals surface area contributed by atoms with E-state index in [0.717, 1.165) is 18.4 Å². The van der Waals surface area contributed by atoms with E-state index >= 15 is 0 Å². The monoisotopic (exact) mass is 351 g/mol. The summed E-state index contributed by atoms with van der Waals surface area (Å²) < 4.78 is 11.4. The number of hydrogen-bond donors (Lipinski definition) is 0. The van der Waals surface area contributed by atoms with Crippen molar-refractivity contribution in [3.63, 3.8) is 0 Å². The number of fused-ring (bicyclic) bond motifs is 1. The van der Waals surface area contributed by atoms with Crippen molar-refractivity contribution in [2.45, 2.75) is 32.8 Å². The Labute approximate surface area is 152 Å². The third-order valence-electron chi connectivity index (χ3n) is 5.07. The largest absolute Gasteiger partial charge is 0.457 e. The van der Waals surface area contributed by atoms with E-state index in [4.69, 9.17) is 9.47 Å². The Hall–Kier alpha value is -2.66. The fourth-order valence-corrected chi connectivity index (χ4v) is 3.40. The van der Waals surface area contributed by atoms with Crippen LogP contribution in [0.3, 0.4) is 0 Å². The highest BCUT2D eigenvalue weighted by Gasteiger charge is 2.37. The number of rotatable bonds is 4. The fraction of sp³-hybridized carbons (Fsp3) is 0.333. The summed E-state index contributed by atoms with van der Waals surface area (Å²) >= 11 is 0. The quantitative estimate of drug-likeness (QED) is 0.785. The van der Waals surface area contributed by atoms with Crippen LogP contribution in [0.5, 0.6) is 11.5 Å². The molecule has 0 radical (unpaired) electrons. The van der Waals surface area contributed by atoms with Gasteiger partial charge in [-0.15, -0.1) is 0 Å². The molecule has 4 rings (SSSR count). The van der Waals surface area contributed by atoms with E-state index in [2.05, 4.69) is 0 Å². The van der Waals surface area contributed by atoms with Crippen molar-refractivity contribution in [1.82, 2.24) is 4.90 Å². The number of hydrogen-bond acceptors (Lipinski definition) is 4. The van der Waals surface area contributed by atoms with Gasteiger partial charge in [-0.25, -0.2) is 0 Å². The van der Waals surface area contributed by atoms with Crippen LogP contribution in [0.2, 0.25) is 0 Å². The van der Waals surface area contributed by atoms with Crippen LogP contribution >= 0.6 is 0 Å². The predicted molar refractivity (Wildman–Crippen MR) is 96.8 cm³/mol. The zero-order valence-corrected chi connectivity index (χ0v) is 15.0. The third-order valence-corrected chi connectivity index (χ3v) is 5.07. The molecule has 0 unspecified atom stereocenters. The highest BCUT2D eigenvalue weighted by molar-refractivity contribution is 6.21. The lowest BCUT2D eigenvalue weighted by Gasteiger charge is -2.17. The van der Waals surface area contributed by atoms with Crippen molar-refractivity contribution in [3.05, 3.63) is 58.7 Å². The SMILES string of the molecule is Cc1ccc(Oc2ccc3c(c2)C(=O)N(C[C@@H]2CCCO2)C3=O)cc1C. The molecule has 0 N–H and O–H groups in total. The maximum Gasteiger partial charge on any atom is 0.261 e. The molecule has 2 aromatic rings. The van der Waals surface area contributed by atoms with Gasteiger partial charge in [0.2, 0.25) is 0 Å². The number of carbonyl (C=O) groups is 2. The van der Waals surface area contributed by atoms with Gasteiger partial charge in [0.05, 0.1) is 23.8 Å². The molecule has 26 heavy (non-hydrogen) atoms. The molecule has 5 heteroatoms. The molecule has 2 amide bonds. The van der Waals surface area contributed by atoms with Gasteiger partial charge in [-0.05, 0) is 68.1 Å². The summed E-state index contributed by atoms with van der Waals surface area (Å²) in [6.45, 7) is 5.08. The van der Waals surface area contributed by atoms with Gasteiger partial charge in [0.25, 0.3) is 11.8 Å². The lowest BCUT2D eigenvalue weighted by atomic mass is 10.1. The molecule has 0 saturated carbocycles. The molecule has 5 nitrogen and oxygen atoms in total. The summed E-state index contributed by atoms with van der Waals surface area (Å²) in [5.74, 6) is 0.734. The Bertz CT molecular complexity index is 884. The van der Waals surface area contributed by atoms with Crippen molar-refractivity contribution >= 4 is 11.8 Å². The van der Waals surface area contributed by atoms with Crippen LogP contribution in [0.25, 0.3) is 0 Å². The minimum atomic E-state index is -0.272. The van der Waals surface area contributed by atoms with E-state index in [1.165, 1.54) is 10.5 Å². The molecule has 0 spiro atoms. The van der Waals surface area contributed by atoms with E-state index in [1.807, 2.05) is 32.0 Å². The van der Waals surface area contributed by atoms with E-state index < -0.39 is 0 Å². The van der Waals surface area contributed by atoms with Crippen molar-refractivity contribution in [2.24, 2.45) is 0 Å². The first kappa shape index (κ1) is 16.8. The molecular formula is C21H21NO4. The topological polar surface area (TPSA) is 55.8 Å². The highest BCUT2D eigenvalue weighted by atomic mass is 16.5. The number of benzene rings is 2. The zero-order chi connectivity index (χ0) is 18.3. The minimum Gasteiger partial charge on any atom is -0.457 e. The Kier molecular flexibility index (Phi) is 4.24. The first-order valence-electron chi connectivity index (χ1n) is 8.90. The van der Waals surface area contributed by atoms with Crippen LogP contribution in [0, 0.1) is 13.8 Å². The first-order valence-corrected chi connectivity index (χ1v) is 8.90. The number of nitrogens with zero attached hydrogens (tertiary/aromatic N) is 1. The molecule has 0 bridgehead atoms. The van der Waals surface area contributed by atoms with Crippen LogP contribution in [0.1, 0.15) is 44.7 Å². The van der Waals surface area contributed by atoms with Gasteiger partial charge in [-0.2, -0.15) is 0 Å². The van der Waals surface area contributed by atoms with E-state index in [1.54, 1.807) is 18.2 Å². The van der Waals surface area contributed by atoms with Crippen molar-refractivity contribution in [3.8, 4) is 11.5 Å². The molecule has 1 fully saturated rings. The summed E-state index contributed by atoms with van der Waals surface area (Å²) in [5.41, 5.74) is 3.16. The lowest BCUT2D eigenvalue weighted by Crippen LogP contribution is -2.36. The molecule has 1 saturated heterocycles. The van der Waals surface area contributed by atoms with Gasteiger partial charge >= 0.3 is 0 Å². The van der Waals surface area contributed by atoms with Crippen molar-refractivity contribution in [2.75, 3.05) is 13.2 Å². The van der Waals surface area contributed by atoms with Crippen molar-refractivity contribution < 1.29 is 19.1 Å². The third kappa shape index (κ3) is 2.99. The summed E-state index contributed by atoms with van der Waals surface area (Å²) in [6.07, 6.45) is 1.81. The lowest BCUT2D eigenvalue weighted by molar-refractivity contribution is 0.0475. The maximum absolute atomic E-state index is 12.7. The Balaban J connectivity index is 1.56. The Morgan fingerprint density at radius 3 is 2.46 bits per heavy atom. The van der Waals surface area contributed by atoms with Crippen LogP contribution in [-0.2, 0) is 4.74 Å². The summed E-state index contributed by atoms with van der Waals surface area (Å²) in [4.78, 5) is 26.5. The average Bonchev–Trinajstić information content (AvgIpc) is 3.22. The van der Waals surface area contributed by atoms with Gasteiger partial charge < -0.3 is 9.47 Å². The van der Waals surface area contributed by atoms with Crippen LogP contribution in [-0.4, -0.2) is 36.0 Å². The summed E-state index contributed by atoms with van der Waals surface area (Å²) in [6, 6.07) is 10.9. The second kappa shape index (κ2) is 6.57. The smallest absolute Gasteiger partial charge is 0.261 e. The second-order valence-electron chi connectivity index (χ2n) is 6.91. The average molecular weight is 351 g/mol. The molecule has 1 atom stereocenters. The van der Waals surface area contributed by atoms with Gasteiger partial charge in [0, 0.05) is 6.61 Å². The van der Waals surface area contributed by atoms with E-state index in [9.17, 15) is 9.59 Å². The first-order chi connectivity index (χ1) is 12.5. The van der Waals surface area contributed by atoms with Gasteiger partial charge in [0.15, 0.2) is 0 Å². The van der Waals surface area contributed by atoms with E-state index in [-0.39, 0.29) is 17.9 Å². The van der Waals surface area contributed by atoms with Gasteiger partial charge in [-0.1, -0.05) is 6.07 Å². The molecule has 0 aromatic heterocycles. The molecule has 2 aromatic carbocycles. The number of aryl methyl sites for hydroxylation is 2. The predicted octanol–water partition coefficient (Wildman–Crippen LogP) is 3.87. The molecule has 2 aliphatic heterocycles. The summed E-state index contributed by atoms with van der Waals surface area (Å²) in [7, 11) is 0. The van der Waals surface area contributed by atoms with Crippen molar-refractivity contribution in [1.29, 1.82) is 0 Å². The highest BCUT2D eigenvalue weighted by Crippen LogP contribution is 2.31. The molecule has 134 valence electrons. The summed E-state index contributed by atoms with van der Waals surface area (Å²) in [5, 5.41) is 0. The zero-order valence-electron chi connectivity index (χ0n) is 15.0. The standard InChI is InChI=1S/C21H21NO4/c1-13-5-6-15(10-14(13)2)26-16-7-8-18-19(11-16)21(24)22(20(18)23)12-17-4-3-9-25-17/h5-8,10-11,17H,3-4,9,12H2,1-2H3/t17-/m0/s1. The van der Waals surface area contributed by atoms with Gasteiger partial charge in [-0.3, -0.25) is 14.5 Å². The fourth-order valence-electron chi connectivity index (χ4n) is 3.40. The number of amides is 2. The number of ether oxygens (including phenoxy) is 2. The maximum atomic E-state index is 12.7. The minimum absolute atomic E-state index is 0.0523. The molecule has 0 aliphatic carbocycles. The second-order valence-corrected chi connectivity index (χ2v) is 6.91. The molecule has 2 aliphatic rings. The Morgan fingerprint density at radius 2 is 1.73 bits per heavy atom. The number of imide groups is 1. The number of carbonyl (C=O) groups excluding carboxylic acids is 2.